The Morgan fingerprint density at radius 2 is 1.75 bits per heavy atom. The summed E-state index contributed by atoms with van der Waals surface area (Å²) < 4.78 is 12.4. The number of fused-ring (bicyclic) bond motifs is 1. The molecule has 3 rings (SSSR count). The zero-order chi connectivity index (χ0) is 24.0. The summed E-state index contributed by atoms with van der Waals surface area (Å²) in [6.45, 7) is 1.05. The van der Waals surface area contributed by atoms with Gasteiger partial charge in [0.05, 0.1) is 7.11 Å². The van der Waals surface area contributed by atoms with Crippen LogP contribution in [0.25, 0.3) is 10.8 Å². The van der Waals surface area contributed by atoms with E-state index in [2.05, 4.69) is 5.32 Å². The fourth-order valence-corrected chi connectivity index (χ4v) is 3.64. The third-order valence-corrected chi connectivity index (χ3v) is 5.45. The normalized spacial score (nSPS) is 13.0. The van der Waals surface area contributed by atoms with Gasteiger partial charge in [-0.05, 0) is 47.5 Å². The number of methoxy groups -OCH3 is 1. The topological polar surface area (TPSA) is 75.7 Å². The van der Waals surface area contributed by atoms with Gasteiger partial charge in [0.25, 0.3) is 0 Å². The summed E-state index contributed by atoms with van der Waals surface area (Å²) in [4.78, 5) is 39.4. The summed E-state index contributed by atoms with van der Waals surface area (Å²) in [5.41, 5.74) is 1.29. The minimum atomic E-state index is -0.957. The van der Waals surface area contributed by atoms with Crippen LogP contribution in [0.15, 0.2) is 66.7 Å². The molecule has 0 aliphatic rings. The average Bonchev–Trinajstić information content (AvgIpc) is 2.84. The van der Waals surface area contributed by atoms with Gasteiger partial charge in [0.2, 0.25) is 11.8 Å². The zero-order valence-electron chi connectivity index (χ0n) is 18.9. The summed E-state index contributed by atoms with van der Waals surface area (Å²) in [5, 5.41) is 5.15. The highest BCUT2D eigenvalue weighted by molar-refractivity contribution is 6.30. The maximum atomic E-state index is 13.1. The molecule has 7 heteroatoms. The van der Waals surface area contributed by atoms with Crippen molar-refractivity contribution in [3.63, 3.8) is 0 Å². The van der Waals surface area contributed by atoms with Gasteiger partial charge >= 0.3 is 5.97 Å². The van der Waals surface area contributed by atoms with Crippen LogP contribution < -0.4 is 10.2 Å². The molecule has 0 radical (unpaired) electrons. The summed E-state index contributed by atoms with van der Waals surface area (Å²) in [6.07, 6.45) is 0.199. The molecule has 166 valence electrons. The molecule has 0 saturated carbocycles. The first kappa shape index (κ1) is 21.8. The van der Waals surface area contributed by atoms with E-state index < -0.39 is 36.8 Å². The van der Waals surface area contributed by atoms with Crippen LogP contribution in [0.5, 0.6) is 0 Å². The fourth-order valence-electron chi connectivity index (χ4n) is 3.51. The van der Waals surface area contributed by atoms with Gasteiger partial charge < -0.3 is 15.0 Å². The summed E-state index contributed by atoms with van der Waals surface area (Å²) >= 11 is 5.92. The van der Waals surface area contributed by atoms with Gasteiger partial charge in [0.15, 0.2) is 0 Å². The Morgan fingerprint density at radius 3 is 2.41 bits per heavy atom. The Hall–Kier alpha value is -3.38. The number of halogens is 1. The van der Waals surface area contributed by atoms with Crippen molar-refractivity contribution in [1.29, 1.82) is 0 Å². The predicted molar refractivity (Wildman–Crippen MR) is 126 cm³/mol. The van der Waals surface area contributed by atoms with E-state index in [1.807, 2.05) is 30.3 Å². The van der Waals surface area contributed by atoms with Crippen LogP contribution in [0.1, 0.15) is 20.8 Å². The van der Waals surface area contributed by atoms with Gasteiger partial charge in [-0.2, -0.15) is 0 Å². The Balaban J connectivity index is 1.85. The van der Waals surface area contributed by atoms with Crippen LogP contribution in [-0.4, -0.2) is 37.0 Å². The van der Waals surface area contributed by atoms with Crippen LogP contribution in [0.4, 0.5) is 5.69 Å². The zero-order valence-corrected chi connectivity index (χ0v) is 18.6. The standard InChI is InChI=1S/C25H25ClN2O4/c1-16(28(17(2)29)22-13-10-19-6-4-5-7-20(19)15-22)24(30)27-23(25(31)32-3)14-18-8-11-21(26)12-9-18/h4-13,15-16,23H,14H2,1-3H3,(H,27,30)/t16-,23+/m0/s1/i2D. The van der Waals surface area contributed by atoms with Gasteiger partial charge in [0, 0.05) is 25.4 Å². The first-order valence-corrected chi connectivity index (χ1v) is 10.4. The number of carbonyl (C=O) groups excluding carboxylic acids is 3. The lowest BCUT2D eigenvalue weighted by Crippen LogP contribution is -2.52. The monoisotopic (exact) mass is 453 g/mol. The number of esters is 1. The molecule has 0 aromatic heterocycles. The van der Waals surface area contributed by atoms with Gasteiger partial charge in [-0.3, -0.25) is 9.59 Å². The third kappa shape index (κ3) is 5.45. The van der Waals surface area contributed by atoms with Crippen LogP contribution in [0.2, 0.25) is 5.02 Å². The number of benzene rings is 3. The van der Waals surface area contributed by atoms with E-state index in [4.69, 9.17) is 17.7 Å². The highest BCUT2D eigenvalue weighted by Gasteiger charge is 2.29. The maximum Gasteiger partial charge on any atom is 0.328 e. The maximum absolute atomic E-state index is 13.1. The summed E-state index contributed by atoms with van der Waals surface area (Å²) in [6, 6.07) is 18.1. The number of rotatable bonds is 7. The second-order valence-corrected chi connectivity index (χ2v) is 7.82. The van der Waals surface area contributed by atoms with Crippen molar-refractivity contribution in [1.82, 2.24) is 5.32 Å². The van der Waals surface area contributed by atoms with Crippen LogP contribution in [0.3, 0.4) is 0 Å². The molecule has 2 amide bonds. The Morgan fingerprint density at radius 1 is 1.06 bits per heavy atom. The SMILES string of the molecule is [2H]CC(=O)N(c1ccc2ccccc2c1)[C@@H](C)C(=O)N[C@H](Cc1ccc(Cl)cc1)C(=O)OC. The van der Waals surface area contributed by atoms with E-state index in [0.717, 1.165) is 16.3 Å². The number of ether oxygens (including phenoxy) is 1. The van der Waals surface area contributed by atoms with Crippen molar-refractivity contribution in [2.24, 2.45) is 0 Å². The molecule has 1 N–H and O–H groups in total. The first-order chi connectivity index (χ1) is 15.8. The molecule has 32 heavy (non-hydrogen) atoms. The minimum Gasteiger partial charge on any atom is -0.467 e. The van der Waals surface area contributed by atoms with Crippen molar-refractivity contribution in [2.75, 3.05) is 12.0 Å². The van der Waals surface area contributed by atoms with Crippen molar-refractivity contribution in [3.8, 4) is 0 Å². The molecule has 0 bridgehead atoms. The highest BCUT2D eigenvalue weighted by atomic mass is 35.5. The number of anilines is 1. The van der Waals surface area contributed by atoms with E-state index in [1.165, 1.54) is 12.0 Å². The number of nitrogens with zero attached hydrogens (tertiary/aromatic N) is 1. The molecule has 6 nitrogen and oxygen atoms in total. The van der Waals surface area contributed by atoms with Crippen molar-refractivity contribution >= 4 is 45.8 Å². The van der Waals surface area contributed by atoms with E-state index in [0.29, 0.717) is 10.7 Å². The quantitative estimate of drug-likeness (QED) is 0.545. The molecule has 3 aromatic rings. The molecule has 0 heterocycles. The van der Waals surface area contributed by atoms with E-state index in [9.17, 15) is 14.4 Å². The number of hydrogen-bond acceptors (Lipinski definition) is 4. The van der Waals surface area contributed by atoms with Gasteiger partial charge in [0.1, 0.15) is 12.1 Å². The minimum absolute atomic E-state index is 0.199. The Kier molecular flexibility index (Phi) is 7.02. The average molecular weight is 454 g/mol. The predicted octanol–water partition coefficient (Wildman–Crippen LogP) is 4.14. The molecule has 0 spiro atoms. The Labute approximate surface area is 193 Å². The number of carbonyl (C=O) groups is 3. The number of nitrogens with one attached hydrogen (secondary N) is 1. The molecule has 0 fully saturated rings. The molecule has 0 saturated heterocycles. The van der Waals surface area contributed by atoms with Crippen LogP contribution in [0, 0.1) is 0 Å². The van der Waals surface area contributed by atoms with Gasteiger partial charge in [-0.25, -0.2) is 4.79 Å². The molecular formula is C25H25ClN2O4. The largest absolute Gasteiger partial charge is 0.467 e. The number of hydrogen-bond donors (Lipinski definition) is 1. The molecule has 0 aliphatic heterocycles. The molecule has 0 unspecified atom stereocenters. The third-order valence-electron chi connectivity index (χ3n) is 5.20. The second kappa shape index (κ2) is 10.3. The van der Waals surface area contributed by atoms with Crippen LogP contribution in [-0.2, 0) is 25.5 Å². The lowest BCUT2D eigenvalue weighted by atomic mass is 10.0. The lowest BCUT2D eigenvalue weighted by Gasteiger charge is -2.29. The van der Waals surface area contributed by atoms with Gasteiger partial charge in [-0.1, -0.05) is 54.1 Å². The summed E-state index contributed by atoms with van der Waals surface area (Å²) in [7, 11) is 1.25. The molecule has 3 aromatic carbocycles. The number of amides is 2. The highest BCUT2D eigenvalue weighted by Crippen LogP contribution is 2.24. The molecular weight excluding hydrogens is 428 g/mol. The lowest BCUT2D eigenvalue weighted by molar-refractivity contribution is -0.145. The molecule has 2 atom stereocenters. The smallest absolute Gasteiger partial charge is 0.328 e. The van der Waals surface area contributed by atoms with E-state index in [-0.39, 0.29) is 6.42 Å². The first-order valence-electron chi connectivity index (χ1n) is 10.8. The second-order valence-electron chi connectivity index (χ2n) is 7.39. The molecule has 0 aliphatic carbocycles. The Bertz CT molecular complexity index is 1150. The van der Waals surface area contributed by atoms with E-state index in [1.54, 1.807) is 43.3 Å². The van der Waals surface area contributed by atoms with Crippen molar-refractivity contribution in [3.05, 3.63) is 77.3 Å². The van der Waals surface area contributed by atoms with E-state index >= 15 is 0 Å². The van der Waals surface area contributed by atoms with Gasteiger partial charge in [-0.15, -0.1) is 0 Å². The van der Waals surface area contributed by atoms with Crippen molar-refractivity contribution in [2.45, 2.75) is 32.3 Å². The van der Waals surface area contributed by atoms with Crippen LogP contribution >= 0.6 is 11.6 Å². The summed E-state index contributed by atoms with van der Waals surface area (Å²) in [5.74, 6) is -1.66. The fraction of sp³-hybridized carbons (Fsp3) is 0.240. The van der Waals surface area contributed by atoms with Crippen molar-refractivity contribution < 1.29 is 20.5 Å².